The van der Waals surface area contributed by atoms with Gasteiger partial charge in [0.2, 0.25) is 0 Å². The monoisotopic (exact) mass is 190 g/mol. The third-order valence-corrected chi connectivity index (χ3v) is 2.79. The van der Waals surface area contributed by atoms with Gasteiger partial charge in [0.05, 0.1) is 0 Å². The summed E-state index contributed by atoms with van der Waals surface area (Å²) in [6, 6.07) is 4.43. The van der Waals surface area contributed by atoms with E-state index in [0.29, 0.717) is 5.92 Å². The summed E-state index contributed by atoms with van der Waals surface area (Å²) in [6.45, 7) is 6.56. The highest BCUT2D eigenvalue weighted by Gasteiger charge is 2.10. The maximum Gasteiger partial charge on any atom is 0.0452 e. The predicted octanol–water partition coefficient (Wildman–Crippen LogP) is 1.89. The molecule has 1 aliphatic heterocycles. The van der Waals surface area contributed by atoms with E-state index in [1.165, 1.54) is 17.0 Å². The first-order valence-electron chi connectivity index (χ1n) is 5.47. The standard InChI is InChI=1S/C12H18N2/c1-9(2)11-4-3-10-5-7-13-8-6-12(10)14-11/h3-4,9,13H,5-8H2,1-2H3. The Balaban J connectivity index is 2.32. The molecule has 0 atom stereocenters. The van der Waals surface area contributed by atoms with Crippen molar-refractivity contribution >= 4 is 0 Å². The largest absolute Gasteiger partial charge is 0.316 e. The number of fused-ring (bicyclic) bond motifs is 1. The van der Waals surface area contributed by atoms with Crippen LogP contribution in [0.15, 0.2) is 12.1 Å². The molecule has 1 N–H and O–H groups in total. The van der Waals surface area contributed by atoms with Gasteiger partial charge in [0.25, 0.3) is 0 Å². The van der Waals surface area contributed by atoms with Crippen molar-refractivity contribution in [2.45, 2.75) is 32.6 Å². The summed E-state index contributed by atoms with van der Waals surface area (Å²) < 4.78 is 0. The molecule has 0 fully saturated rings. The summed E-state index contributed by atoms with van der Waals surface area (Å²) in [4.78, 5) is 4.73. The molecule has 0 saturated carbocycles. The van der Waals surface area contributed by atoms with Crippen molar-refractivity contribution in [1.82, 2.24) is 10.3 Å². The second kappa shape index (κ2) is 4.09. The molecule has 14 heavy (non-hydrogen) atoms. The molecule has 1 aliphatic rings. The molecule has 0 bridgehead atoms. The summed E-state index contributed by atoms with van der Waals surface area (Å²) in [7, 11) is 0. The van der Waals surface area contributed by atoms with E-state index in [0.717, 1.165) is 25.9 Å². The summed E-state index contributed by atoms with van der Waals surface area (Å²) in [5, 5.41) is 3.40. The third kappa shape index (κ3) is 1.95. The topological polar surface area (TPSA) is 24.9 Å². The predicted molar refractivity (Wildman–Crippen MR) is 58.6 cm³/mol. The maximum atomic E-state index is 4.73. The number of hydrogen-bond donors (Lipinski definition) is 1. The normalized spacial score (nSPS) is 16.5. The van der Waals surface area contributed by atoms with Crippen LogP contribution in [-0.2, 0) is 12.8 Å². The number of nitrogens with one attached hydrogen (secondary N) is 1. The van der Waals surface area contributed by atoms with Crippen molar-refractivity contribution in [3.8, 4) is 0 Å². The van der Waals surface area contributed by atoms with Gasteiger partial charge in [0.15, 0.2) is 0 Å². The highest BCUT2D eigenvalue weighted by molar-refractivity contribution is 5.26. The lowest BCUT2D eigenvalue weighted by Crippen LogP contribution is -2.16. The molecule has 76 valence electrons. The molecule has 1 aromatic rings. The minimum absolute atomic E-state index is 0.538. The quantitative estimate of drug-likeness (QED) is 0.731. The number of aromatic nitrogens is 1. The Labute approximate surface area is 85.7 Å². The number of hydrogen-bond acceptors (Lipinski definition) is 2. The van der Waals surface area contributed by atoms with Crippen LogP contribution in [0.2, 0.25) is 0 Å². The molecule has 0 aromatic carbocycles. The molecular weight excluding hydrogens is 172 g/mol. The summed E-state index contributed by atoms with van der Waals surface area (Å²) in [6.07, 6.45) is 2.20. The van der Waals surface area contributed by atoms with E-state index in [9.17, 15) is 0 Å². The molecule has 0 unspecified atom stereocenters. The van der Waals surface area contributed by atoms with E-state index in [-0.39, 0.29) is 0 Å². The Hall–Kier alpha value is -0.890. The van der Waals surface area contributed by atoms with Crippen LogP contribution < -0.4 is 5.32 Å². The van der Waals surface area contributed by atoms with Gasteiger partial charge in [0, 0.05) is 24.4 Å². The average molecular weight is 190 g/mol. The van der Waals surface area contributed by atoms with Gasteiger partial charge >= 0.3 is 0 Å². The average Bonchev–Trinajstić information content (AvgIpc) is 2.41. The van der Waals surface area contributed by atoms with Crippen LogP contribution >= 0.6 is 0 Å². The van der Waals surface area contributed by atoms with Crippen LogP contribution in [0.1, 0.15) is 36.7 Å². The van der Waals surface area contributed by atoms with Crippen molar-refractivity contribution in [2.75, 3.05) is 13.1 Å². The zero-order valence-corrected chi connectivity index (χ0v) is 9.01. The zero-order valence-electron chi connectivity index (χ0n) is 9.01. The molecule has 0 aliphatic carbocycles. The highest BCUT2D eigenvalue weighted by Crippen LogP contribution is 2.16. The zero-order chi connectivity index (χ0) is 9.97. The molecule has 1 aromatic heterocycles. The van der Waals surface area contributed by atoms with Crippen LogP contribution in [0.25, 0.3) is 0 Å². The van der Waals surface area contributed by atoms with Gasteiger partial charge in [-0.15, -0.1) is 0 Å². The minimum Gasteiger partial charge on any atom is -0.316 e. The Morgan fingerprint density at radius 3 is 2.79 bits per heavy atom. The van der Waals surface area contributed by atoms with Crippen LogP contribution in [-0.4, -0.2) is 18.1 Å². The number of pyridine rings is 1. The van der Waals surface area contributed by atoms with Crippen molar-refractivity contribution in [1.29, 1.82) is 0 Å². The van der Waals surface area contributed by atoms with Crippen LogP contribution in [0.4, 0.5) is 0 Å². The minimum atomic E-state index is 0.538. The van der Waals surface area contributed by atoms with Crippen molar-refractivity contribution in [2.24, 2.45) is 0 Å². The Kier molecular flexibility index (Phi) is 2.82. The lowest BCUT2D eigenvalue weighted by atomic mass is 10.0. The fourth-order valence-corrected chi connectivity index (χ4v) is 1.87. The van der Waals surface area contributed by atoms with Crippen molar-refractivity contribution in [3.63, 3.8) is 0 Å². The molecule has 2 nitrogen and oxygen atoms in total. The van der Waals surface area contributed by atoms with Gasteiger partial charge in [-0.1, -0.05) is 19.9 Å². The summed E-state index contributed by atoms with van der Waals surface area (Å²) >= 11 is 0. The van der Waals surface area contributed by atoms with Crippen LogP contribution in [0, 0.1) is 0 Å². The smallest absolute Gasteiger partial charge is 0.0452 e. The Morgan fingerprint density at radius 1 is 1.21 bits per heavy atom. The number of nitrogens with zero attached hydrogens (tertiary/aromatic N) is 1. The third-order valence-electron chi connectivity index (χ3n) is 2.79. The maximum absolute atomic E-state index is 4.73. The lowest BCUT2D eigenvalue weighted by molar-refractivity contribution is 0.706. The molecule has 2 rings (SSSR count). The highest BCUT2D eigenvalue weighted by atomic mass is 14.9. The van der Waals surface area contributed by atoms with E-state index in [2.05, 4.69) is 31.3 Å². The van der Waals surface area contributed by atoms with E-state index in [1.54, 1.807) is 0 Å². The van der Waals surface area contributed by atoms with Gasteiger partial charge in [-0.05, 0) is 30.5 Å². The first kappa shape index (κ1) is 9.66. The van der Waals surface area contributed by atoms with Crippen LogP contribution in [0.5, 0.6) is 0 Å². The molecule has 2 heterocycles. The van der Waals surface area contributed by atoms with Gasteiger partial charge in [-0.3, -0.25) is 4.98 Å². The Morgan fingerprint density at radius 2 is 2.00 bits per heavy atom. The van der Waals surface area contributed by atoms with Gasteiger partial charge in [0.1, 0.15) is 0 Å². The summed E-state index contributed by atoms with van der Waals surface area (Å²) in [5.41, 5.74) is 3.96. The Bertz CT molecular complexity index is 318. The van der Waals surface area contributed by atoms with Gasteiger partial charge in [-0.2, -0.15) is 0 Å². The molecule has 0 radical (unpaired) electrons. The van der Waals surface area contributed by atoms with Crippen molar-refractivity contribution in [3.05, 3.63) is 29.1 Å². The number of rotatable bonds is 1. The van der Waals surface area contributed by atoms with Crippen molar-refractivity contribution < 1.29 is 0 Å². The second-order valence-corrected chi connectivity index (χ2v) is 4.25. The van der Waals surface area contributed by atoms with E-state index in [1.807, 2.05) is 0 Å². The van der Waals surface area contributed by atoms with E-state index >= 15 is 0 Å². The van der Waals surface area contributed by atoms with E-state index in [4.69, 9.17) is 4.98 Å². The van der Waals surface area contributed by atoms with Crippen LogP contribution in [0.3, 0.4) is 0 Å². The molecule has 0 amide bonds. The fourth-order valence-electron chi connectivity index (χ4n) is 1.87. The molecule has 0 saturated heterocycles. The van der Waals surface area contributed by atoms with Gasteiger partial charge in [-0.25, -0.2) is 0 Å². The summed E-state index contributed by atoms with van der Waals surface area (Å²) in [5.74, 6) is 0.538. The lowest BCUT2D eigenvalue weighted by Gasteiger charge is -2.09. The molecule has 0 spiro atoms. The SMILES string of the molecule is CC(C)c1ccc2c(n1)CCNCC2. The fraction of sp³-hybridized carbons (Fsp3) is 0.583. The van der Waals surface area contributed by atoms with Gasteiger partial charge < -0.3 is 5.32 Å². The second-order valence-electron chi connectivity index (χ2n) is 4.25. The molecule has 2 heteroatoms. The first-order valence-corrected chi connectivity index (χ1v) is 5.47. The van der Waals surface area contributed by atoms with E-state index < -0.39 is 0 Å². The first-order chi connectivity index (χ1) is 6.77. The molecular formula is C12H18N2.